The lowest BCUT2D eigenvalue weighted by atomic mass is 10.1. The van der Waals surface area contributed by atoms with Crippen LogP contribution in [-0.4, -0.2) is 5.78 Å². The van der Waals surface area contributed by atoms with E-state index in [2.05, 4.69) is 13.0 Å². The highest BCUT2D eigenvalue weighted by atomic mass is 16.1. The van der Waals surface area contributed by atoms with Gasteiger partial charge >= 0.3 is 0 Å². The van der Waals surface area contributed by atoms with Gasteiger partial charge in [-0.3, -0.25) is 4.79 Å². The second-order valence-electron chi connectivity index (χ2n) is 3.50. The van der Waals surface area contributed by atoms with Crippen molar-refractivity contribution >= 4 is 5.78 Å². The molecule has 12 heavy (non-hydrogen) atoms. The number of Topliss-reactive ketones (excluding diaryl/α,β-unsaturated/α-hetero) is 1. The summed E-state index contributed by atoms with van der Waals surface area (Å²) in [5.41, 5.74) is 1.11. The maximum absolute atomic E-state index is 11.5. The van der Waals surface area contributed by atoms with Gasteiger partial charge in [-0.05, 0) is 31.3 Å². The molecule has 1 heteroatoms. The summed E-state index contributed by atoms with van der Waals surface area (Å²) < 4.78 is 0. The number of hydrogen-bond donors (Lipinski definition) is 0. The summed E-state index contributed by atoms with van der Waals surface area (Å²) >= 11 is 0. The van der Waals surface area contributed by atoms with Crippen LogP contribution in [0.2, 0.25) is 0 Å². The lowest BCUT2D eigenvalue weighted by molar-refractivity contribution is -0.115. The van der Waals surface area contributed by atoms with Crippen LogP contribution in [0.4, 0.5) is 0 Å². The number of ketones is 1. The zero-order valence-corrected chi connectivity index (χ0v) is 7.94. The fourth-order valence-corrected chi connectivity index (χ4v) is 1.61. The molecule has 0 N–H and O–H groups in total. The third-order valence-electron chi connectivity index (χ3n) is 2.39. The molecular weight excluding hydrogens is 148 g/mol. The molecule has 0 amide bonds. The normalized spacial score (nSPS) is 22.8. The molecule has 0 aliphatic heterocycles. The molecule has 0 bridgehead atoms. The first kappa shape index (κ1) is 9.50. The van der Waals surface area contributed by atoms with E-state index in [1.54, 1.807) is 0 Å². The number of unbranched alkanes of at least 4 members (excludes halogenated alkanes) is 1. The van der Waals surface area contributed by atoms with E-state index in [0.717, 1.165) is 37.7 Å². The van der Waals surface area contributed by atoms with Gasteiger partial charge in [0.25, 0.3) is 0 Å². The first-order chi connectivity index (χ1) is 5.84. The Morgan fingerprint density at radius 2 is 2.00 bits per heavy atom. The van der Waals surface area contributed by atoms with Crippen LogP contribution in [0.5, 0.6) is 0 Å². The topological polar surface area (TPSA) is 17.1 Å². The largest absolute Gasteiger partial charge is 0.295 e. The van der Waals surface area contributed by atoms with Crippen molar-refractivity contribution in [2.75, 3.05) is 0 Å². The molecule has 1 aliphatic rings. The summed E-state index contributed by atoms with van der Waals surface area (Å²) in [5, 5.41) is 0. The molecular formula is C11H18O. The molecule has 0 atom stereocenters. The van der Waals surface area contributed by atoms with Gasteiger partial charge in [-0.1, -0.05) is 25.8 Å². The molecule has 0 spiro atoms. The van der Waals surface area contributed by atoms with Crippen molar-refractivity contribution < 1.29 is 4.79 Å². The fourth-order valence-electron chi connectivity index (χ4n) is 1.61. The highest BCUT2D eigenvalue weighted by Crippen LogP contribution is 2.19. The van der Waals surface area contributed by atoms with E-state index in [-0.39, 0.29) is 0 Å². The zero-order chi connectivity index (χ0) is 8.81. The molecule has 1 saturated carbocycles. The Morgan fingerprint density at radius 1 is 1.25 bits per heavy atom. The fraction of sp³-hybridized carbons (Fsp3) is 0.727. The minimum Gasteiger partial charge on any atom is -0.295 e. The minimum absolute atomic E-state index is 0.404. The van der Waals surface area contributed by atoms with E-state index >= 15 is 0 Å². The van der Waals surface area contributed by atoms with Gasteiger partial charge in [0.1, 0.15) is 0 Å². The molecule has 1 fully saturated rings. The lowest BCUT2D eigenvalue weighted by Gasteiger charge is -1.99. The van der Waals surface area contributed by atoms with Gasteiger partial charge in [0.15, 0.2) is 5.78 Å². The Bertz CT molecular complexity index is 179. The van der Waals surface area contributed by atoms with Crippen LogP contribution in [0, 0.1) is 0 Å². The zero-order valence-electron chi connectivity index (χ0n) is 7.94. The van der Waals surface area contributed by atoms with Crippen molar-refractivity contribution in [3.05, 3.63) is 11.6 Å². The van der Waals surface area contributed by atoms with Crippen LogP contribution in [0.15, 0.2) is 11.6 Å². The highest BCUT2D eigenvalue weighted by molar-refractivity contribution is 5.95. The average molecular weight is 166 g/mol. The van der Waals surface area contributed by atoms with Crippen LogP contribution >= 0.6 is 0 Å². The van der Waals surface area contributed by atoms with Crippen LogP contribution in [0.3, 0.4) is 0 Å². The van der Waals surface area contributed by atoms with Gasteiger partial charge in [-0.25, -0.2) is 0 Å². The van der Waals surface area contributed by atoms with E-state index in [1.807, 2.05) is 0 Å². The van der Waals surface area contributed by atoms with E-state index in [0.29, 0.717) is 5.78 Å². The quantitative estimate of drug-likeness (QED) is 0.454. The number of hydrogen-bond acceptors (Lipinski definition) is 1. The summed E-state index contributed by atoms with van der Waals surface area (Å²) in [6, 6.07) is 0. The maximum Gasteiger partial charge on any atom is 0.158 e. The van der Waals surface area contributed by atoms with E-state index in [4.69, 9.17) is 0 Å². The monoisotopic (exact) mass is 166 g/mol. The van der Waals surface area contributed by atoms with Gasteiger partial charge in [0.05, 0.1) is 0 Å². The predicted molar refractivity (Wildman–Crippen MR) is 51.1 cm³/mol. The highest BCUT2D eigenvalue weighted by Gasteiger charge is 2.11. The predicted octanol–water partition coefficient (Wildman–Crippen LogP) is 3.25. The van der Waals surface area contributed by atoms with Crippen LogP contribution in [-0.2, 0) is 4.79 Å². The van der Waals surface area contributed by atoms with Crippen molar-refractivity contribution in [3.63, 3.8) is 0 Å². The number of rotatable bonds is 2. The Kier molecular flexibility index (Phi) is 4.06. The Labute approximate surface area is 74.9 Å². The number of carbonyl (C=O) groups excluding carboxylic acids is 1. The molecule has 1 rings (SSSR count). The Hall–Kier alpha value is -0.590. The number of allylic oxidation sites excluding steroid dienone is 2. The van der Waals surface area contributed by atoms with Gasteiger partial charge in [-0.2, -0.15) is 0 Å². The molecule has 0 aromatic heterocycles. The number of carbonyl (C=O) groups is 1. The summed E-state index contributed by atoms with van der Waals surface area (Å²) in [6.07, 6.45) is 9.72. The van der Waals surface area contributed by atoms with E-state index in [9.17, 15) is 4.79 Å². The van der Waals surface area contributed by atoms with Crippen LogP contribution in [0.1, 0.15) is 51.9 Å². The lowest BCUT2D eigenvalue weighted by Crippen LogP contribution is -1.99. The van der Waals surface area contributed by atoms with Gasteiger partial charge in [0, 0.05) is 6.42 Å². The maximum atomic E-state index is 11.5. The van der Waals surface area contributed by atoms with Gasteiger partial charge in [0.2, 0.25) is 0 Å². The summed E-state index contributed by atoms with van der Waals surface area (Å²) in [5.74, 6) is 0.404. The van der Waals surface area contributed by atoms with Crippen molar-refractivity contribution in [3.8, 4) is 0 Å². The molecule has 0 heterocycles. The Morgan fingerprint density at radius 3 is 2.75 bits per heavy atom. The molecule has 68 valence electrons. The molecule has 0 saturated heterocycles. The second-order valence-corrected chi connectivity index (χ2v) is 3.50. The SMILES string of the molecule is CCCC=C1CCCCCC1=O. The molecule has 0 radical (unpaired) electrons. The third kappa shape index (κ3) is 2.80. The molecule has 1 nitrogen and oxygen atoms in total. The standard InChI is InChI=1S/C11H18O/c1-2-3-7-10-8-5-4-6-9-11(10)12/h7H,2-6,8-9H2,1H3. The van der Waals surface area contributed by atoms with Crippen molar-refractivity contribution in [2.45, 2.75) is 51.9 Å². The van der Waals surface area contributed by atoms with Gasteiger partial charge in [-0.15, -0.1) is 0 Å². The second kappa shape index (κ2) is 5.13. The smallest absolute Gasteiger partial charge is 0.158 e. The van der Waals surface area contributed by atoms with Crippen molar-refractivity contribution in [1.29, 1.82) is 0 Å². The molecule has 0 aromatic carbocycles. The van der Waals surface area contributed by atoms with Crippen molar-refractivity contribution in [2.24, 2.45) is 0 Å². The summed E-state index contributed by atoms with van der Waals surface area (Å²) in [6.45, 7) is 2.15. The van der Waals surface area contributed by atoms with Crippen LogP contribution in [0.25, 0.3) is 0 Å². The first-order valence-electron chi connectivity index (χ1n) is 5.07. The van der Waals surface area contributed by atoms with E-state index < -0.39 is 0 Å². The average Bonchev–Trinajstić information content (AvgIpc) is 2.27. The summed E-state index contributed by atoms with van der Waals surface area (Å²) in [4.78, 5) is 11.5. The molecule has 0 unspecified atom stereocenters. The summed E-state index contributed by atoms with van der Waals surface area (Å²) in [7, 11) is 0. The first-order valence-corrected chi connectivity index (χ1v) is 5.07. The van der Waals surface area contributed by atoms with Gasteiger partial charge < -0.3 is 0 Å². The minimum atomic E-state index is 0.404. The van der Waals surface area contributed by atoms with Crippen molar-refractivity contribution in [1.82, 2.24) is 0 Å². The molecule has 1 aliphatic carbocycles. The van der Waals surface area contributed by atoms with E-state index in [1.165, 1.54) is 12.8 Å². The van der Waals surface area contributed by atoms with Crippen LogP contribution < -0.4 is 0 Å². The third-order valence-corrected chi connectivity index (χ3v) is 2.39. The molecule has 0 aromatic rings. The Balaban J connectivity index is 2.52.